The molecule has 88 valence electrons. The van der Waals surface area contributed by atoms with Gasteiger partial charge in [-0.25, -0.2) is 0 Å². The minimum Gasteiger partial charge on any atom is -0.469 e. The van der Waals surface area contributed by atoms with Crippen LogP contribution in [0.4, 0.5) is 0 Å². The number of carbonyl (C=O) groups is 1. The molecule has 1 aliphatic heterocycles. The Hall–Kier alpha value is -1.29. The molecule has 1 saturated heterocycles. The van der Waals surface area contributed by atoms with E-state index in [-0.39, 0.29) is 11.8 Å². The third-order valence-corrected chi connectivity index (χ3v) is 3.18. The predicted octanol–water partition coefficient (Wildman–Crippen LogP) is 1.43. The minimum atomic E-state index is -0.411. The highest BCUT2D eigenvalue weighted by molar-refractivity contribution is 5.94. The fourth-order valence-electron chi connectivity index (χ4n) is 1.97. The number of piperidine rings is 1. The van der Waals surface area contributed by atoms with Crippen molar-refractivity contribution in [3.8, 4) is 0 Å². The number of nitrogens with zero attached hydrogens (tertiary/aromatic N) is 1. The van der Waals surface area contributed by atoms with E-state index < -0.39 is 6.10 Å². The minimum absolute atomic E-state index is 0.0530. The van der Waals surface area contributed by atoms with Crippen molar-refractivity contribution in [2.45, 2.75) is 26.4 Å². The molecule has 1 aromatic heterocycles. The predicted molar refractivity (Wildman–Crippen MR) is 59.1 cm³/mol. The Bertz CT molecular complexity index is 385. The van der Waals surface area contributed by atoms with Gasteiger partial charge in [0.05, 0.1) is 11.7 Å². The molecule has 0 bridgehead atoms. The number of aliphatic hydroxyl groups excluding tert-OH is 1. The lowest BCUT2D eigenvalue weighted by atomic mass is 9.96. The van der Waals surface area contributed by atoms with Crippen molar-refractivity contribution in [3.63, 3.8) is 0 Å². The van der Waals surface area contributed by atoms with Gasteiger partial charge < -0.3 is 14.4 Å². The quantitative estimate of drug-likeness (QED) is 0.783. The molecule has 0 aliphatic carbocycles. The van der Waals surface area contributed by atoms with Gasteiger partial charge in [-0.1, -0.05) is 6.92 Å². The van der Waals surface area contributed by atoms with Gasteiger partial charge in [-0.2, -0.15) is 0 Å². The summed E-state index contributed by atoms with van der Waals surface area (Å²) in [6, 6.07) is 1.73. The summed E-state index contributed by atoms with van der Waals surface area (Å²) in [5.41, 5.74) is 0.569. The number of rotatable bonds is 1. The van der Waals surface area contributed by atoms with Crippen molar-refractivity contribution in [2.75, 3.05) is 13.1 Å². The van der Waals surface area contributed by atoms with E-state index in [0.717, 1.165) is 12.2 Å². The summed E-state index contributed by atoms with van der Waals surface area (Å²) in [6.07, 6.45) is 1.91. The number of hydrogen-bond donors (Lipinski definition) is 1. The second-order valence-corrected chi connectivity index (χ2v) is 4.53. The third kappa shape index (κ3) is 2.11. The Labute approximate surface area is 94.9 Å². The number of hydrogen-bond acceptors (Lipinski definition) is 3. The summed E-state index contributed by atoms with van der Waals surface area (Å²) >= 11 is 0. The first kappa shape index (κ1) is 11.2. The van der Waals surface area contributed by atoms with Gasteiger partial charge in [-0.15, -0.1) is 0 Å². The van der Waals surface area contributed by atoms with Crippen molar-refractivity contribution in [1.82, 2.24) is 4.90 Å². The summed E-state index contributed by atoms with van der Waals surface area (Å²) in [4.78, 5) is 13.7. The first-order valence-electron chi connectivity index (χ1n) is 5.60. The zero-order valence-corrected chi connectivity index (χ0v) is 9.64. The van der Waals surface area contributed by atoms with Crippen LogP contribution in [0.15, 0.2) is 16.7 Å². The van der Waals surface area contributed by atoms with Crippen LogP contribution in [-0.4, -0.2) is 35.1 Å². The summed E-state index contributed by atoms with van der Waals surface area (Å²) in [7, 11) is 0. The zero-order valence-electron chi connectivity index (χ0n) is 9.64. The van der Waals surface area contributed by atoms with E-state index >= 15 is 0 Å². The van der Waals surface area contributed by atoms with Crippen LogP contribution in [0.5, 0.6) is 0 Å². The Morgan fingerprint density at radius 3 is 2.94 bits per heavy atom. The molecule has 1 fully saturated rings. The second-order valence-electron chi connectivity index (χ2n) is 4.53. The maximum absolute atomic E-state index is 12.0. The van der Waals surface area contributed by atoms with E-state index in [9.17, 15) is 9.90 Å². The van der Waals surface area contributed by atoms with Gasteiger partial charge in [0.1, 0.15) is 12.0 Å². The van der Waals surface area contributed by atoms with Crippen molar-refractivity contribution in [3.05, 3.63) is 23.7 Å². The molecular weight excluding hydrogens is 206 g/mol. The molecule has 1 aromatic rings. The van der Waals surface area contributed by atoms with Crippen LogP contribution in [0, 0.1) is 12.8 Å². The van der Waals surface area contributed by atoms with Crippen LogP contribution < -0.4 is 0 Å². The molecule has 1 aliphatic rings. The molecule has 0 aromatic carbocycles. The smallest absolute Gasteiger partial charge is 0.257 e. The van der Waals surface area contributed by atoms with Crippen molar-refractivity contribution < 1.29 is 14.3 Å². The first-order chi connectivity index (χ1) is 7.58. The highest BCUT2D eigenvalue weighted by Crippen LogP contribution is 2.19. The SMILES string of the molecule is Cc1cc(C(=O)N2CCC(C)C(O)C2)co1. The Morgan fingerprint density at radius 1 is 1.62 bits per heavy atom. The lowest BCUT2D eigenvalue weighted by Crippen LogP contribution is -2.45. The second kappa shape index (κ2) is 4.29. The summed E-state index contributed by atoms with van der Waals surface area (Å²) < 4.78 is 5.11. The third-order valence-electron chi connectivity index (χ3n) is 3.18. The van der Waals surface area contributed by atoms with Gasteiger partial charge in [0.15, 0.2) is 0 Å². The van der Waals surface area contributed by atoms with Crippen molar-refractivity contribution in [1.29, 1.82) is 0 Å². The summed E-state index contributed by atoms with van der Waals surface area (Å²) in [5.74, 6) is 0.951. The fourth-order valence-corrected chi connectivity index (χ4v) is 1.97. The molecule has 16 heavy (non-hydrogen) atoms. The molecule has 1 N–H and O–H groups in total. The Morgan fingerprint density at radius 2 is 2.38 bits per heavy atom. The average Bonchev–Trinajstić information content (AvgIpc) is 2.68. The van der Waals surface area contributed by atoms with Crippen LogP contribution in [-0.2, 0) is 0 Å². The standard InChI is InChI=1S/C12H17NO3/c1-8-3-4-13(6-11(8)14)12(15)10-5-9(2)16-7-10/h5,7-8,11,14H,3-4,6H2,1-2H3. The van der Waals surface area contributed by atoms with Crippen molar-refractivity contribution in [2.24, 2.45) is 5.92 Å². The Kier molecular flexibility index (Phi) is 3.01. The monoisotopic (exact) mass is 223 g/mol. The van der Waals surface area contributed by atoms with Crippen LogP contribution in [0.3, 0.4) is 0 Å². The lowest BCUT2D eigenvalue weighted by molar-refractivity contribution is 0.0248. The maximum atomic E-state index is 12.0. The molecule has 0 radical (unpaired) electrons. The molecule has 2 rings (SSSR count). The average molecular weight is 223 g/mol. The topological polar surface area (TPSA) is 53.7 Å². The van der Waals surface area contributed by atoms with Gasteiger partial charge in [0, 0.05) is 13.1 Å². The summed E-state index contributed by atoms with van der Waals surface area (Å²) in [5, 5.41) is 9.73. The number of β-amino-alcohol motifs (C(OH)–C–C–N with tert-alkyl or cyclic N) is 1. The van der Waals surface area contributed by atoms with Gasteiger partial charge in [0.2, 0.25) is 0 Å². The van der Waals surface area contributed by atoms with E-state index in [1.54, 1.807) is 11.0 Å². The molecule has 4 nitrogen and oxygen atoms in total. The van der Waals surface area contributed by atoms with Gasteiger partial charge in [-0.3, -0.25) is 4.79 Å². The van der Waals surface area contributed by atoms with Crippen molar-refractivity contribution >= 4 is 5.91 Å². The first-order valence-corrected chi connectivity index (χ1v) is 5.60. The van der Waals surface area contributed by atoms with Gasteiger partial charge >= 0.3 is 0 Å². The molecule has 0 saturated carbocycles. The summed E-state index contributed by atoms with van der Waals surface area (Å²) in [6.45, 7) is 4.95. The molecule has 0 spiro atoms. The van der Waals surface area contributed by atoms with E-state index in [1.165, 1.54) is 6.26 Å². The fraction of sp³-hybridized carbons (Fsp3) is 0.583. The number of likely N-dealkylation sites (tertiary alicyclic amines) is 1. The lowest BCUT2D eigenvalue weighted by Gasteiger charge is -2.34. The Balaban J connectivity index is 2.06. The number of carbonyl (C=O) groups excluding carboxylic acids is 1. The largest absolute Gasteiger partial charge is 0.469 e. The number of furan rings is 1. The van der Waals surface area contributed by atoms with E-state index in [0.29, 0.717) is 18.7 Å². The molecular formula is C12H17NO3. The van der Waals surface area contributed by atoms with Crippen LogP contribution >= 0.6 is 0 Å². The van der Waals surface area contributed by atoms with E-state index in [1.807, 2.05) is 13.8 Å². The number of amides is 1. The molecule has 4 heteroatoms. The van der Waals surface area contributed by atoms with Crippen LogP contribution in [0.25, 0.3) is 0 Å². The maximum Gasteiger partial charge on any atom is 0.257 e. The molecule has 2 atom stereocenters. The van der Waals surface area contributed by atoms with Gasteiger partial charge in [-0.05, 0) is 25.3 Å². The highest BCUT2D eigenvalue weighted by Gasteiger charge is 2.28. The van der Waals surface area contributed by atoms with E-state index in [2.05, 4.69) is 0 Å². The van der Waals surface area contributed by atoms with E-state index in [4.69, 9.17) is 4.42 Å². The molecule has 1 amide bonds. The molecule has 2 unspecified atom stereocenters. The number of aliphatic hydroxyl groups is 1. The van der Waals surface area contributed by atoms with Gasteiger partial charge in [0.25, 0.3) is 5.91 Å². The molecule has 2 heterocycles. The highest BCUT2D eigenvalue weighted by atomic mass is 16.3. The van der Waals surface area contributed by atoms with Crippen LogP contribution in [0.2, 0.25) is 0 Å². The zero-order chi connectivity index (χ0) is 11.7. The normalized spacial score (nSPS) is 25.8. The number of aryl methyl sites for hydroxylation is 1. The van der Waals surface area contributed by atoms with Crippen LogP contribution in [0.1, 0.15) is 29.5 Å².